The first-order chi connectivity index (χ1) is 13.0. The number of nitrogens with zero attached hydrogens (tertiary/aromatic N) is 4. The second kappa shape index (κ2) is 6.95. The average Bonchev–Trinajstić information content (AvgIpc) is 3.24. The molecule has 9 nitrogen and oxygen atoms in total. The lowest BCUT2D eigenvalue weighted by molar-refractivity contribution is -0.123. The Morgan fingerprint density at radius 2 is 2.07 bits per heavy atom. The summed E-state index contributed by atoms with van der Waals surface area (Å²) in [5.74, 6) is -0.0691. The number of sulfone groups is 1. The number of amides is 1. The number of hydrogen-bond acceptors (Lipinski definition) is 7. The van der Waals surface area contributed by atoms with Crippen LogP contribution in [-0.4, -0.2) is 58.2 Å². The third-order valence-corrected chi connectivity index (χ3v) is 6.04. The zero-order valence-electron chi connectivity index (χ0n) is 14.3. The van der Waals surface area contributed by atoms with E-state index in [-0.39, 0.29) is 35.9 Å². The van der Waals surface area contributed by atoms with Gasteiger partial charge in [0.15, 0.2) is 22.1 Å². The van der Waals surface area contributed by atoms with Crippen LogP contribution in [-0.2, 0) is 14.6 Å². The van der Waals surface area contributed by atoms with Crippen LogP contribution in [0.5, 0.6) is 5.88 Å². The molecular weight excluding hydrogens is 370 g/mol. The highest BCUT2D eigenvalue weighted by molar-refractivity contribution is 7.91. The van der Waals surface area contributed by atoms with Crippen molar-refractivity contribution < 1.29 is 17.9 Å². The minimum absolute atomic E-state index is 0.0274. The van der Waals surface area contributed by atoms with Gasteiger partial charge in [0.1, 0.15) is 11.7 Å². The van der Waals surface area contributed by atoms with Crippen LogP contribution in [0.1, 0.15) is 6.42 Å². The lowest BCUT2D eigenvalue weighted by atomic mass is 10.2. The Morgan fingerprint density at radius 3 is 2.81 bits per heavy atom. The fourth-order valence-electron chi connectivity index (χ4n) is 3.01. The SMILES string of the molecule is O=C(COc1ncnc2c1cnn2-c1ccccc1)N[C@H]1CCS(=O)(=O)C1. The van der Waals surface area contributed by atoms with E-state index in [1.54, 1.807) is 10.9 Å². The highest BCUT2D eigenvalue weighted by Gasteiger charge is 2.29. The van der Waals surface area contributed by atoms with Crippen molar-refractivity contribution in [2.75, 3.05) is 18.1 Å². The van der Waals surface area contributed by atoms with E-state index in [9.17, 15) is 13.2 Å². The number of hydrogen-bond donors (Lipinski definition) is 1. The molecule has 0 saturated carbocycles. The van der Waals surface area contributed by atoms with Gasteiger partial charge in [-0.05, 0) is 18.6 Å². The number of rotatable bonds is 5. The van der Waals surface area contributed by atoms with Gasteiger partial charge in [0.05, 0.1) is 23.4 Å². The van der Waals surface area contributed by atoms with Crippen LogP contribution < -0.4 is 10.1 Å². The molecule has 0 bridgehead atoms. The molecule has 10 heteroatoms. The van der Waals surface area contributed by atoms with E-state index < -0.39 is 9.84 Å². The summed E-state index contributed by atoms with van der Waals surface area (Å²) >= 11 is 0. The highest BCUT2D eigenvalue weighted by atomic mass is 32.2. The lowest BCUT2D eigenvalue weighted by Gasteiger charge is -2.11. The maximum Gasteiger partial charge on any atom is 0.258 e. The van der Waals surface area contributed by atoms with E-state index in [0.717, 1.165) is 5.69 Å². The zero-order valence-corrected chi connectivity index (χ0v) is 15.1. The standard InChI is InChI=1S/C17H17N5O4S/c23-15(21-12-6-7-27(24,25)10-12)9-26-17-14-8-20-22(16(14)18-11-19-17)13-4-2-1-3-5-13/h1-5,8,11-12H,6-7,9-10H2,(H,21,23)/t12-/m0/s1. The maximum absolute atomic E-state index is 12.1. The van der Waals surface area contributed by atoms with Gasteiger partial charge >= 0.3 is 0 Å². The quantitative estimate of drug-likeness (QED) is 0.677. The van der Waals surface area contributed by atoms with Gasteiger partial charge in [0.25, 0.3) is 5.91 Å². The summed E-state index contributed by atoms with van der Waals surface area (Å²) in [6.45, 7) is -0.265. The summed E-state index contributed by atoms with van der Waals surface area (Å²) in [5, 5.41) is 7.58. The molecule has 1 saturated heterocycles. The minimum Gasteiger partial charge on any atom is -0.467 e. The predicted molar refractivity (Wildman–Crippen MR) is 97.4 cm³/mol. The largest absolute Gasteiger partial charge is 0.467 e. The number of nitrogens with one attached hydrogen (secondary N) is 1. The van der Waals surface area contributed by atoms with Crippen molar-refractivity contribution in [3.63, 3.8) is 0 Å². The van der Waals surface area contributed by atoms with Gasteiger partial charge in [-0.25, -0.2) is 23.1 Å². The first-order valence-corrected chi connectivity index (χ1v) is 10.2. The molecule has 4 rings (SSSR count). The second-order valence-corrected chi connectivity index (χ2v) is 8.49. The van der Waals surface area contributed by atoms with Crippen LogP contribution >= 0.6 is 0 Å². The molecule has 1 aliphatic rings. The number of carbonyl (C=O) groups excluding carboxylic acids is 1. The number of benzene rings is 1. The summed E-state index contributed by atoms with van der Waals surface area (Å²) in [5.41, 5.74) is 1.41. The van der Waals surface area contributed by atoms with Crippen molar-refractivity contribution >= 4 is 26.8 Å². The Balaban J connectivity index is 1.47. The molecule has 0 radical (unpaired) electrons. The van der Waals surface area contributed by atoms with E-state index >= 15 is 0 Å². The Hall–Kier alpha value is -3.01. The van der Waals surface area contributed by atoms with Crippen LogP contribution in [0.3, 0.4) is 0 Å². The van der Waals surface area contributed by atoms with Gasteiger partial charge < -0.3 is 10.1 Å². The van der Waals surface area contributed by atoms with Crippen molar-refractivity contribution in [1.29, 1.82) is 0 Å². The number of para-hydroxylation sites is 1. The summed E-state index contributed by atoms with van der Waals surface area (Å²) in [6, 6.07) is 9.14. The Bertz CT molecular complexity index is 1080. The molecule has 1 N–H and O–H groups in total. The fraction of sp³-hybridized carbons (Fsp3) is 0.294. The third-order valence-electron chi connectivity index (χ3n) is 4.27. The van der Waals surface area contributed by atoms with Crippen LogP contribution in [0.25, 0.3) is 16.7 Å². The summed E-state index contributed by atoms with van der Waals surface area (Å²) in [4.78, 5) is 20.4. The van der Waals surface area contributed by atoms with Gasteiger partial charge in [-0.1, -0.05) is 18.2 Å². The minimum atomic E-state index is -3.05. The monoisotopic (exact) mass is 387 g/mol. The first kappa shape index (κ1) is 17.4. The van der Waals surface area contributed by atoms with E-state index in [1.165, 1.54) is 6.33 Å². The number of carbonyl (C=O) groups is 1. The number of aromatic nitrogens is 4. The molecule has 27 heavy (non-hydrogen) atoms. The number of fused-ring (bicyclic) bond motifs is 1. The normalized spacial score (nSPS) is 18.4. The van der Waals surface area contributed by atoms with Crippen LogP contribution in [0, 0.1) is 0 Å². The molecule has 2 aromatic heterocycles. The molecule has 140 valence electrons. The van der Waals surface area contributed by atoms with Crippen molar-refractivity contribution in [2.45, 2.75) is 12.5 Å². The van der Waals surface area contributed by atoms with Gasteiger partial charge in [-0.3, -0.25) is 4.79 Å². The Labute approximate surface area is 155 Å². The topological polar surface area (TPSA) is 116 Å². The van der Waals surface area contributed by atoms with Crippen LogP contribution in [0.4, 0.5) is 0 Å². The molecule has 3 heterocycles. The molecule has 1 atom stereocenters. The summed E-state index contributed by atoms with van der Waals surface area (Å²) in [7, 11) is -3.05. The molecule has 1 amide bonds. The van der Waals surface area contributed by atoms with E-state index in [0.29, 0.717) is 17.5 Å². The van der Waals surface area contributed by atoms with Crippen molar-refractivity contribution in [3.8, 4) is 11.6 Å². The lowest BCUT2D eigenvalue weighted by Crippen LogP contribution is -2.38. The summed E-state index contributed by atoms with van der Waals surface area (Å²) < 4.78 is 30.1. The fourth-order valence-corrected chi connectivity index (χ4v) is 4.68. The predicted octanol–water partition coefficient (Wildman–Crippen LogP) is 0.498. The van der Waals surface area contributed by atoms with Crippen molar-refractivity contribution in [2.24, 2.45) is 0 Å². The smallest absolute Gasteiger partial charge is 0.258 e. The van der Waals surface area contributed by atoms with E-state index in [2.05, 4.69) is 20.4 Å². The second-order valence-electron chi connectivity index (χ2n) is 6.26. The average molecular weight is 387 g/mol. The van der Waals surface area contributed by atoms with Crippen LogP contribution in [0.15, 0.2) is 42.9 Å². The molecule has 0 spiro atoms. The Morgan fingerprint density at radius 1 is 1.26 bits per heavy atom. The molecule has 0 unspecified atom stereocenters. The Kier molecular flexibility index (Phi) is 4.48. The molecule has 1 aliphatic heterocycles. The molecule has 1 aromatic carbocycles. The van der Waals surface area contributed by atoms with Gasteiger partial charge in [-0.15, -0.1) is 0 Å². The number of ether oxygens (including phenoxy) is 1. The zero-order chi connectivity index (χ0) is 18.9. The molecular formula is C17H17N5O4S. The molecule has 1 fully saturated rings. The third kappa shape index (κ3) is 3.75. The highest BCUT2D eigenvalue weighted by Crippen LogP contribution is 2.23. The summed E-state index contributed by atoms with van der Waals surface area (Å²) in [6.07, 6.45) is 3.36. The van der Waals surface area contributed by atoms with Gasteiger partial charge in [0.2, 0.25) is 5.88 Å². The van der Waals surface area contributed by atoms with Crippen LogP contribution in [0.2, 0.25) is 0 Å². The van der Waals surface area contributed by atoms with E-state index in [1.807, 2.05) is 30.3 Å². The van der Waals surface area contributed by atoms with Gasteiger partial charge in [0, 0.05) is 6.04 Å². The van der Waals surface area contributed by atoms with Crippen molar-refractivity contribution in [3.05, 3.63) is 42.9 Å². The molecule has 0 aliphatic carbocycles. The van der Waals surface area contributed by atoms with E-state index in [4.69, 9.17) is 4.74 Å². The van der Waals surface area contributed by atoms with Crippen molar-refractivity contribution in [1.82, 2.24) is 25.1 Å². The first-order valence-electron chi connectivity index (χ1n) is 8.38. The maximum atomic E-state index is 12.1. The molecule has 3 aromatic rings. The van der Waals surface area contributed by atoms with Gasteiger partial charge in [-0.2, -0.15) is 5.10 Å².